The minimum Gasteiger partial charge on any atom is -0.298 e. The van der Waals surface area contributed by atoms with Gasteiger partial charge in [0.05, 0.1) is 17.7 Å². The molecule has 0 aliphatic carbocycles. The lowest BCUT2D eigenvalue weighted by molar-refractivity contribution is 0.0658. The number of likely N-dealkylation sites (tertiary alicyclic amines) is 1. The number of hydrogen-bond donors (Lipinski definition) is 0. The molecule has 4 rings (SSSR count). The van der Waals surface area contributed by atoms with Crippen molar-refractivity contribution in [1.29, 1.82) is 0 Å². The van der Waals surface area contributed by atoms with Crippen LogP contribution < -0.4 is 0 Å². The monoisotopic (exact) mass is 378 g/mol. The van der Waals surface area contributed by atoms with E-state index in [4.69, 9.17) is 0 Å². The lowest BCUT2D eigenvalue weighted by Crippen LogP contribution is -2.37. The molecule has 1 fully saturated rings. The topological polar surface area (TPSA) is 40.6 Å². The third kappa shape index (κ3) is 3.50. The molecule has 2 amide bonds. The molecule has 0 bridgehead atoms. The van der Waals surface area contributed by atoms with Gasteiger partial charge in [0.15, 0.2) is 0 Å². The summed E-state index contributed by atoms with van der Waals surface area (Å²) in [7, 11) is 0. The van der Waals surface area contributed by atoms with Crippen molar-refractivity contribution in [1.82, 2.24) is 9.80 Å². The number of fused-ring (bicyclic) bond motifs is 1. The van der Waals surface area contributed by atoms with E-state index in [1.807, 2.05) is 25.1 Å². The van der Waals surface area contributed by atoms with Gasteiger partial charge in [0.25, 0.3) is 11.8 Å². The zero-order chi connectivity index (χ0) is 19.7. The van der Waals surface area contributed by atoms with Crippen LogP contribution >= 0.6 is 0 Å². The van der Waals surface area contributed by atoms with Gasteiger partial charge in [-0.2, -0.15) is 0 Å². The Morgan fingerprint density at radius 1 is 1.00 bits per heavy atom. The number of carbonyl (C=O) groups excluding carboxylic acids is 2. The van der Waals surface area contributed by atoms with Crippen molar-refractivity contribution in [3.63, 3.8) is 0 Å². The Kier molecular flexibility index (Phi) is 5.09. The Morgan fingerprint density at radius 2 is 1.61 bits per heavy atom. The van der Waals surface area contributed by atoms with Gasteiger partial charge in [0, 0.05) is 19.6 Å². The highest BCUT2D eigenvalue weighted by Crippen LogP contribution is 2.30. The lowest BCUT2D eigenvalue weighted by Gasteiger charge is -2.33. The summed E-state index contributed by atoms with van der Waals surface area (Å²) in [5.74, 6) is -1.12. The van der Waals surface area contributed by atoms with Gasteiger partial charge >= 0.3 is 0 Å². The summed E-state index contributed by atoms with van der Waals surface area (Å²) in [5.41, 5.74) is 2.68. The quantitative estimate of drug-likeness (QED) is 0.754. The normalized spacial score (nSPS) is 21.8. The summed E-state index contributed by atoms with van der Waals surface area (Å²) in [6.45, 7) is 4.11. The first-order valence-corrected chi connectivity index (χ1v) is 9.63. The molecule has 2 aromatic carbocycles. The lowest BCUT2D eigenvalue weighted by atomic mass is 9.92. The first-order valence-electron chi connectivity index (χ1n) is 9.63. The smallest absolute Gasteiger partial charge is 0.261 e. The van der Waals surface area contributed by atoms with E-state index in [0.29, 0.717) is 17.5 Å². The predicted octanol–water partition coefficient (Wildman–Crippen LogP) is 4.05. The van der Waals surface area contributed by atoms with Crippen LogP contribution in [0.3, 0.4) is 0 Å². The van der Waals surface area contributed by atoms with Crippen molar-refractivity contribution in [3.05, 3.63) is 82.7 Å². The van der Waals surface area contributed by atoms with Gasteiger partial charge in [0.1, 0.15) is 5.83 Å². The molecule has 4 nitrogen and oxygen atoms in total. The summed E-state index contributed by atoms with van der Waals surface area (Å²) in [4.78, 5) is 28.3. The number of hydrogen-bond acceptors (Lipinski definition) is 3. The second-order valence-corrected chi connectivity index (χ2v) is 7.54. The highest BCUT2D eigenvalue weighted by molar-refractivity contribution is 6.21. The zero-order valence-electron chi connectivity index (χ0n) is 15.9. The second kappa shape index (κ2) is 7.68. The maximum absolute atomic E-state index is 15.0. The molecule has 5 heteroatoms. The number of piperidine rings is 1. The molecule has 2 aliphatic rings. The first-order chi connectivity index (χ1) is 13.5. The third-order valence-corrected chi connectivity index (χ3v) is 5.60. The maximum atomic E-state index is 15.0. The van der Waals surface area contributed by atoms with E-state index >= 15 is 4.39 Å². The first kappa shape index (κ1) is 18.6. The van der Waals surface area contributed by atoms with Gasteiger partial charge in [-0.1, -0.05) is 49.4 Å². The van der Waals surface area contributed by atoms with Gasteiger partial charge in [-0.05, 0) is 35.6 Å². The number of carbonyl (C=O) groups is 2. The van der Waals surface area contributed by atoms with Crippen molar-refractivity contribution in [3.8, 4) is 0 Å². The number of imide groups is 1. The minimum absolute atomic E-state index is 0.0487. The predicted molar refractivity (Wildman–Crippen MR) is 105 cm³/mol. The van der Waals surface area contributed by atoms with Crippen LogP contribution in [0.15, 0.2) is 66.0 Å². The molecule has 2 aliphatic heterocycles. The summed E-state index contributed by atoms with van der Waals surface area (Å²) in [5, 5.41) is 0. The molecule has 2 aromatic rings. The molecule has 0 N–H and O–H groups in total. The number of amides is 2. The van der Waals surface area contributed by atoms with Crippen molar-refractivity contribution >= 4 is 11.8 Å². The van der Waals surface area contributed by atoms with Gasteiger partial charge < -0.3 is 0 Å². The van der Waals surface area contributed by atoms with Crippen LogP contribution in [-0.4, -0.2) is 41.2 Å². The average molecular weight is 378 g/mol. The summed E-state index contributed by atoms with van der Waals surface area (Å²) >= 11 is 0. The fourth-order valence-corrected chi connectivity index (χ4v) is 4.13. The Morgan fingerprint density at radius 3 is 2.21 bits per heavy atom. The van der Waals surface area contributed by atoms with Crippen LogP contribution in [0.2, 0.25) is 0 Å². The second-order valence-electron chi connectivity index (χ2n) is 7.54. The Balaban J connectivity index is 1.44. The molecule has 1 atom stereocenters. The van der Waals surface area contributed by atoms with E-state index in [2.05, 4.69) is 17.0 Å². The zero-order valence-corrected chi connectivity index (χ0v) is 15.9. The molecule has 0 saturated carbocycles. The van der Waals surface area contributed by atoms with E-state index in [1.54, 1.807) is 24.3 Å². The molecular formula is C23H23FN2O2. The van der Waals surface area contributed by atoms with E-state index in [1.165, 1.54) is 5.56 Å². The average Bonchev–Trinajstić information content (AvgIpc) is 2.94. The fourth-order valence-electron chi connectivity index (χ4n) is 4.13. The van der Waals surface area contributed by atoms with Crippen LogP contribution in [0.25, 0.3) is 0 Å². The molecule has 28 heavy (non-hydrogen) atoms. The molecule has 0 spiro atoms. The maximum Gasteiger partial charge on any atom is 0.261 e. The van der Waals surface area contributed by atoms with Crippen LogP contribution in [0.4, 0.5) is 4.39 Å². The Labute approximate surface area is 164 Å². The standard InChI is InChI=1S/C23H23FN2O2/c1-16-13-25(14-17-7-3-2-4-8-17)12-11-18(16)21(24)15-26-22(27)19-9-5-6-10-20(19)23(26)28/h2-10,16H,11-15H2,1H3/b21-18-. The van der Waals surface area contributed by atoms with E-state index in [-0.39, 0.29) is 18.3 Å². The molecule has 0 aromatic heterocycles. The van der Waals surface area contributed by atoms with Gasteiger partial charge in [0.2, 0.25) is 0 Å². The number of halogens is 1. The highest BCUT2D eigenvalue weighted by atomic mass is 19.1. The minimum atomic E-state index is -0.412. The van der Waals surface area contributed by atoms with Crippen LogP contribution in [0.1, 0.15) is 39.6 Å². The van der Waals surface area contributed by atoms with Crippen molar-refractivity contribution in [2.24, 2.45) is 5.92 Å². The number of nitrogens with zero attached hydrogens (tertiary/aromatic N) is 2. The molecule has 144 valence electrons. The molecule has 1 saturated heterocycles. The summed E-state index contributed by atoms with van der Waals surface area (Å²) in [6.07, 6.45) is 0.614. The molecule has 0 radical (unpaired) electrons. The Bertz CT molecular complexity index is 904. The SMILES string of the molecule is CC1CN(Cc2ccccc2)CC/C1=C(/F)CN1C(=O)c2ccccc2C1=O. The van der Waals surface area contributed by atoms with Crippen molar-refractivity contribution in [2.75, 3.05) is 19.6 Å². The third-order valence-electron chi connectivity index (χ3n) is 5.60. The van der Waals surface area contributed by atoms with Crippen LogP contribution in [0, 0.1) is 5.92 Å². The molecular weight excluding hydrogens is 355 g/mol. The number of benzene rings is 2. The van der Waals surface area contributed by atoms with Gasteiger partial charge in [-0.3, -0.25) is 19.4 Å². The number of rotatable bonds is 4. The van der Waals surface area contributed by atoms with Crippen molar-refractivity contribution in [2.45, 2.75) is 19.9 Å². The fraction of sp³-hybridized carbons (Fsp3) is 0.304. The van der Waals surface area contributed by atoms with Gasteiger partial charge in [-0.25, -0.2) is 4.39 Å². The van der Waals surface area contributed by atoms with Crippen LogP contribution in [-0.2, 0) is 6.54 Å². The molecule has 2 heterocycles. The molecule has 1 unspecified atom stereocenters. The van der Waals surface area contributed by atoms with E-state index < -0.39 is 11.8 Å². The highest BCUT2D eigenvalue weighted by Gasteiger charge is 2.36. The summed E-state index contributed by atoms with van der Waals surface area (Å²) < 4.78 is 15.0. The van der Waals surface area contributed by atoms with Crippen LogP contribution in [0.5, 0.6) is 0 Å². The summed E-state index contributed by atoms with van der Waals surface area (Å²) in [6, 6.07) is 16.9. The van der Waals surface area contributed by atoms with E-state index in [9.17, 15) is 9.59 Å². The Hall–Kier alpha value is -2.79. The van der Waals surface area contributed by atoms with Crippen molar-refractivity contribution < 1.29 is 14.0 Å². The van der Waals surface area contributed by atoms with E-state index in [0.717, 1.165) is 30.1 Å². The largest absolute Gasteiger partial charge is 0.298 e. The van der Waals surface area contributed by atoms with Gasteiger partial charge in [-0.15, -0.1) is 0 Å².